The van der Waals surface area contributed by atoms with Crippen LogP contribution in [0, 0.1) is 6.92 Å². The number of ketones is 1. The predicted octanol–water partition coefficient (Wildman–Crippen LogP) is 1.73. The van der Waals surface area contributed by atoms with Gasteiger partial charge in [0.05, 0.1) is 31.1 Å². The van der Waals surface area contributed by atoms with Crippen LogP contribution in [0.2, 0.25) is 0 Å². The maximum atomic E-state index is 13.1. The summed E-state index contributed by atoms with van der Waals surface area (Å²) in [6.07, 6.45) is -5.15. The second-order valence-corrected chi connectivity index (χ2v) is 9.55. The van der Waals surface area contributed by atoms with Crippen LogP contribution in [0.15, 0.2) is 51.7 Å². The number of aliphatic hydroxyl groups is 3. The lowest BCUT2D eigenvalue weighted by Crippen LogP contribution is -2.56. The molecular weight excluding hydrogens is 524 g/mol. The topological polar surface area (TPSA) is 173 Å². The van der Waals surface area contributed by atoms with Crippen molar-refractivity contribution in [3.8, 4) is 11.5 Å². The van der Waals surface area contributed by atoms with Crippen LogP contribution in [0.25, 0.3) is 17.0 Å². The van der Waals surface area contributed by atoms with Gasteiger partial charge in [0, 0.05) is 12.1 Å². The van der Waals surface area contributed by atoms with Crippen molar-refractivity contribution in [3.63, 3.8) is 0 Å². The number of aliphatic hydroxyl groups excluding tert-OH is 3. The van der Waals surface area contributed by atoms with Gasteiger partial charge >= 0.3 is 5.97 Å². The second kappa shape index (κ2) is 12.0. The number of rotatable bonds is 8. The Morgan fingerprint density at radius 2 is 1.80 bits per heavy atom. The highest BCUT2D eigenvalue weighted by Gasteiger charge is 2.49. The number of carbonyl (C=O) groups excluding carboxylic acids is 2. The largest absolute Gasteiger partial charge is 0.508 e. The lowest BCUT2D eigenvalue weighted by atomic mass is 9.89. The molecule has 0 radical (unpaired) electrons. The number of hydrogen-bond acceptors (Lipinski definition) is 11. The van der Waals surface area contributed by atoms with Crippen molar-refractivity contribution in [2.45, 2.75) is 50.8 Å². The van der Waals surface area contributed by atoms with E-state index >= 15 is 0 Å². The summed E-state index contributed by atoms with van der Waals surface area (Å²) in [4.78, 5) is 37.7. The van der Waals surface area contributed by atoms with Gasteiger partial charge in [0.15, 0.2) is 11.5 Å². The zero-order valence-corrected chi connectivity index (χ0v) is 22.1. The standard InChI is InChI=1S/C29H30O11/c1-14-10-20(37-3)24(27-23(14)19(33)12-18(38-27)11-15(2)31)28-29(26(36)25(35)21(13-30)39-28)40-22(34)9-6-16-4-7-17(32)8-5-16/h4-10,12,21,25-26,28-30,32,35-36H,11,13H2,1-3H3/b9-6+/t21-,25-,26+,28+,29-/m0/s1. The number of fused-ring (bicyclic) bond motifs is 1. The molecule has 11 heteroatoms. The third-order valence-corrected chi connectivity index (χ3v) is 6.60. The van der Waals surface area contributed by atoms with Gasteiger partial charge in [-0.25, -0.2) is 4.79 Å². The Morgan fingerprint density at radius 1 is 1.10 bits per heavy atom. The van der Waals surface area contributed by atoms with E-state index in [-0.39, 0.29) is 46.0 Å². The summed E-state index contributed by atoms with van der Waals surface area (Å²) >= 11 is 0. The molecule has 212 valence electrons. The number of hydrogen-bond donors (Lipinski definition) is 4. The van der Waals surface area contributed by atoms with Crippen molar-refractivity contribution in [1.29, 1.82) is 0 Å². The average molecular weight is 555 g/mol. The maximum absolute atomic E-state index is 13.1. The molecule has 0 aliphatic carbocycles. The fourth-order valence-corrected chi connectivity index (χ4v) is 4.71. The van der Waals surface area contributed by atoms with Crippen molar-refractivity contribution in [1.82, 2.24) is 0 Å². The monoisotopic (exact) mass is 554 g/mol. The maximum Gasteiger partial charge on any atom is 0.331 e. The summed E-state index contributed by atoms with van der Waals surface area (Å²) in [5.74, 6) is -0.841. The van der Waals surface area contributed by atoms with Gasteiger partial charge in [-0.15, -0.1) is 0 Å². The Balaban J connectivity index is 1.83. The number of aryl methyl sites for hydroxylation is 1. The van der Waals surface area contributed by atoms with Gasteiger partial charge in [-0.3, -0.25) is 9.59 Å². The van der Waals surface area contributed by atoms with Gasteiger partial charge in [-0.05, 0) is 49.2 Å². The molecule has 1 aliphatic rings. The summed E-state index contributed by atoms with van der Waals surface area (Å²) in [6, 6.07) is 8.79. The Kier molecular flexibility index (Phi) is 8.70. The highest BCUT2D eigenvalue weighted by molar-refractivity contribution is 5.88. The predicted molar refractivity (Wildman–Crippen MR) is 142 cm³/mol. The number of carbonyl (C=O) groups is 2. The third kappa shape index (κ3) is 5.92. The molecule has 1 fully saturated rings. The van der Waals surface area contributed by atoms with E-state index in [0.29, 0.717) is 11.1 Å². The molecule has 2 aromatic carbocycles. The molecule has 0 unspecified atom stereocenters. The number of ether oxygens (including phenoxy) is 3. The van der Waals surface area contributed by atoms with E-state index in [2.05, 4.69) is 0 Å². The van der Waals surface area contributed by atoms with Gasteiger partial charge in [0.25, 0.3) is 0 Å². The Morgan fingerprint density at radius 3 is 2.42 bits per heavy atom. The lowest BCUT2D eigenvalue weighted by molar-refractivity contribution is -0.239. The molecule has 2 heterocycles. The molecule has 0 amide bonds. The molecule has 1 saturated heterocycles. The molecular formula is C29H30O11. The first-order valence-electron chi connectivity index (χ1n) is 12.5. The summed E-state index contributed by atoms with van der Waals surface area (Å²) < 4.78 is 23.1. The molecule has 40 heavy (non-hydrogen) atoms. The minimum absolute atomic E-state index is 0.00781. The van der Waals surface area contributed by atoms with E-state index in [4.69, 9.17) is 18.6 Å². The number of Topliss-reactive ketones (excluding diaryl/α,β-unsaturated/α-hetero) is 1. The van der Waals surface area contributed by atoms with Crippen molar-refractivity contribution < 1.29 is 48.6 Å². The highest BCUT2D eigenvalue weighted by Crippen LogP contribution is 2.43. The van der Waals surface area contributed by atoms with Crippen LogP contribution in [0.3, 0.4) is 0 Å². The fourth-order valence-electron chi connectivity index (χ4n) is 4.71. The summed E-state index contributed by atoms with van der Waals surface area (Å²) in [5.41, 5.74) is 0.735. The van der Waals surface area contributed by atoms with Gasteiger partial charge < -0.3 is 39.1 Å². The summed E-state index contributed by atoms with van der Waals surface area (Å²) in [5, 5.41) is 41.0. The Hall–Kier alpha value is -4.03. The molecule has 1 aliphatic heterocycles. The number of methoxy groups -OCH3 is 1. The number of benzene rings is 2. The molecule has 4 rings (SSSR count). The van der Waals surface area contributed by atoms with Crippen LogP contribution in [0.1, 0.15) is 35.5 Å². The highest BCUT2D eigenvalue weighted by atomic mass is 16.6. The van der Waals surface area contributed by atoms with Crippen molar-refractivity contribution in [2.24, 2.45) is 0 Å². The molecule has 3 aromatic rings. The molecule has 0 saturated carbocycles. The fraction of sp³-hybridized carbons (Fsp3) is 0.345. The smallest absolute Gasteiger partial charge is 0.331 e. The van der Waals surface area contributed by atoms with E-state index in [1.165, 1.54) is 38.3 Å². The van der Waals surface area contributed by atoms with Crippen LogP contribution >= 0.6 is 0 Å². The van der Waals surface area contributed by atoms with Gasteiger partial charge in [-0.2, -0.15) is 0 Å². The third-order valence-electron chi connectivity index (χ3n) is 6.60. The SMILES string of the molecule is COc1cc(C)c2c(=O)cc(CC(C)=O)oc2c1[C@H]1O[C@@H](CO)[C@H](O)[C@@H](O)[C@@H]1OC(=O)/C=C/c1ccc(O)cc1. The van der Waals surface area contributed by atoms with E-state index in [9.17, 15) is 34.8 Å². The van der Waals surface area contributed by atoms with Crippen molar-refractivity contribution >= 4 is 28.8 Å². The van der Waals surface area contributed by atoms with E-state index in [1.54, 1.807) is 25.1 Å². The quantitative estimate of drug-likeness (QED) is 0.236. The minimum Gasteiger partial charge on any atom is -0.508 e. The first-order chi connectivity index (χ1) is 19.0. The van der Waals surface area contributed by atoms with Crippen molar-refractivity contribution in [2.75, 3.05) is 13.7 Å². The van der Waals surface area contributed by atoms with Crippen LogP contribution in [0.5, 0.6) is 11.5 Å². The zero-order chi connectivity index (χ0) is 29.1. The Labute approximate surface area is 228 Å². The van der Waals surface area contributed by atoms with Gasteiger partial charge in [0.1, 0.15) is 53.0 Å². The number of phenols is 1. The zero-order valence-electron chi connectivity index (χ0n) is 22.1. The molecule has 11 nitrogen and oxygen atoms in total. The van der Waals surface area contributed by atoms with Crippen LogP contribution in [-0.2, 0) is 25.5 Å². The van der Waals surface area contributed by atoms with Gasteiger partial charge in [0.2, 0.25) is 0 Å². The molecule has 1 aromatic heterocycles. The van der Waals surface area contributed by atoms with Crippen LogP contribution in [0.4, 0.5) is 0 Å². The second-order valence-electron chi connectivity index (χ2n) is 9.55. The van der Waals surface area contributed by atoms with Gasteiger partial charge in [-0.1, -0.05) is 12.1 Å². The van der Waals surface area contributed by atoms with E-state index < -0.39 is 48.5 Å². The normalized spacial score (nSPS) is 22.9. The van der Waals surface area contributed by atoms with Crippen LogP contribution in [-0.4, -0.2) is 70.3 Å². The molecule has 0 bridgehead atoms. The lowest BCUT2D eigenvalue weighted by Gasteiger charge is -2.42. The van der Waals surface area contributed by atoms with E-state index in [1.807, 2.05) is 0 Å². The molecule has 5 atom stereocenters. The Bertz CT molecular complexity index is 1490. The van der Waals surface area contributed by atoms with Crippen molar-refractivity contribution in [3.05, 3.63) is 75.1 Å². The molecule has 4 N–H and O–H groups in total. The first-order valence-corrected chi connectivity index (χ1v) is 12.5. The van der Waals surface area contributed by atoms with Crippen LogP contribution < -0.4 is 10.2 Å². The number of phenolic OH excluding ortho intramolecular Hbond substituents is 1. The minimum atomic E-state index is -1.71. The summed E-state index contributed by atoms with van der Waals surface area (Å²) in [7, 11) is 1.36. The summed E-state index contributed by atoms with van der Waals surface area (Å²) in [6.45, 7) is 2.33. The number of esters is 1. The molecule has 0 spiro atoms. The number of aromatic hydroxyl groups is 1. The van der Waals surface area contributed by atoms with E-state index in [0.717, 1.165) is 6.08 Å². The average Bonchev–Trinajstić information content (AvgIpc) is 2.90. The first kappa shape index (κ1) is 29.0.